The van der Waals surface area contributed by atoms with E-state index >= 15 is 0 Å². The van der Waals surface area contributed by atoms with Crippen LogP contribution in [0.25, 0.3) is 10.9 Å². The summed E-state index contributed by atoms with van der Waals surface area (Å²) in [5, 5.41) is 1.18. The molecule has 24 heavy (non-hydrogen) atoms. The number of pyridine rings is 1. The zero-order chi connectivity index (χ0) is 16.5. The SMILES string of the molecule is O=C(OCc1cc2ccccc2nc1Cl)C1Cc2ccccc2S1. The lowest BCUT2D eigenvalue weighted by Gasteiger charge is -2.10. The van der Waals surface area contributed by atoms with Crippen LogP contribution >= 0.6 is 23.4 Å². The summed E-state index contributed by atoms with van der Waals surface area (Å²) in [4.78, 5) is 17.9. The highest BCUT2D eigenvalue weighted by atomic mass is 35.5. The Kier molecular flexibility index (Phi) is 4.17. The normalized spacial score (nSPS) is 16.1. The zero-order valence-electron chi connectivity index (χ0n) is 12.7. The number of hydrogen-bond acceptors (Lipinski definition) is 4. The number of rotatable bonds is 3. The molecule has 1 unspecified atom stereocenters. The second-order valence-electron chi connectivity index (χ2n) is 5.66. The molecule has 0 spiro atoms. The number of carbonyl (C=O) groups excluding carboxylic acids is 1. The number of benzene rings is 2. The average Bonchev–Trinajstić information content (AvgIpc) is 3.04. The number of halogens is 1. The van der Waals surface area contributed by atoms with Crippen LogP contribution in [0.2, 0.25) is 5.15 Å². The van der Waals surface area contributed by atoms with Crippen molar-refractivity contribution in [2.75, 3.05) is 0 Å². The van der Waals surface area contributed by atoms with Gasteiger partial charge in [0.1, 0.15) is 17.0 Å². The van der Waals surface area contributed by atoms with Gasteiger partial charge in [-0.25, -0.2) is 4.98 Å². The third kappa shape index (κ3) is 2.99. The van der Waals surface area contributed by atoms with Gasteiger partial charge in [0.15, 0.2) is 0 Å². The molecule has 1 aromatic heterocycles. The van der Waals surface area contributed by atoms with Crippen molar-refractivity contribution in [1.82, 2.24) is 4.98 Å². The van der Waals surface area contributed by atoms with Crippen LogP contribution in [0, 0.1) is 0 Å². The van der Waals surface area contributed by atoms with E-state index in [0.29, 0.717) is 11.6 Å². The maximum atomic E-state index is 12.4. The molecule has 3 nitrogen and oxygen atoms in total. The first kappa shape index (κ1) is 15.5. The molecule has 0 amide bonds. The molecule has 0 fully saturated rings. The lowest BCUT2D eigenvalue weighted by atomic mass is 10.1. The van der Waals surface area contributed by atoms with Crippen molar-refractivity contribution in [3.8, 4) is 0 Å². The predicted molar refractivity (Wildman–Crippen MR) is 96.3 cm³/mol. The van der Waals surface area contributed by atoms with Gasteiger partial charge in [-0.05, 0) is 30.2 Å². The van der Waals surface area contributed by atoms with Gasteiger partial charge in [0, 0.05) is 15.8 Å². The Balaban J connectivity index is 1.46. The highest BCUT2D eigenvalue weighted by Gasteiger charge is 2.29. The summed E-state index contributed by atoms with van der Waals surface area (Å²) in [5.74, 6) is -0.208. The van der Waals surface area contributed by atoms with E-state index in [9.17, 15) is 4.79 Å². The topological polar surface area (TPSA) is 39.2 Å². The minimum Gasteiger partial charge on any atom is -0.460 e. The van der Waals surface area contributed by atoms with E-state index in [1.807, 2.05) is 48.5 Å². The van der Waals surface area contributed by atoms with Crippen molar-refractivity contribution < 1.29 is 9.53 Å². The Labute approximate surface area is 149 Å². The smallest absolute Gasteiger partial charge is 0.320 e. The van der Waals surface area contributed by atoms with Crippen LogP contribution in [0.5, 0.6) is 0 Å². The number of ether oxygens (including phenoxy) is 1. The molecule has 0 saturated heterocycles. The van der Waals surface area contributed by atoms with Crippen LogP contribution < -0.4 is 0 Å². The molecule has 0 radical (unpaired) electrons. The summed E-state index contributed by atoms with van der Waals surface area (Å²) in [6.07, 6.45) is 0.712. The maximum absolute atomic E-state index is 12.4. The molecule has 1 aliphatic rings. The van der Waals surface area contributed by atoms with Gasteiger partial charge in [0.2, 0.25) is 0 Å². The van der Waals surface area contributed by atoms with E-state index in [1.54, 1.807) is 11.8 Å². The molecule has 0 aliphatic carbocycles. The fraction of sp³-hybridized carbons (Fsp3) is 0.158. The lowest BCUT2D eigenvalue weighted by molar-refractivity contribution is -0.144. The predicted octanol–water partition coefficient (Wildman–Crippen LogP) is 4.65. The van der Waals surface area contributed by atoms with Gasteiger partial charge in [0.05, 0.1) is 5.52 Å². The fourth-order valence-corrected chi connectivity index (χ4v) is 4.19. The Morgan fingerprint density at radius 1 is 1.21 bits per heavy atom. The van der Waals surface area contributed by atoms with Crippen LogP contribution in [0.1, 0.15) is 11.1 Å². The lowest BCUT2D eigenvalue weighted by Crippen LogP contribution is -2.19. The van der Waals surface area contributed by atoms with Crippen LogP contribution in [0.15, 0.2) is 59.5 Å². The maximum Gasteiger partial charge on any atom is 0.320 e. The van der Waals surface area contributed by atoms with E-state index in [1.165, 1.54) is 5.56 Å². The molecule has 1 atom stereocenters. The summed E-state index contributed by atoms with van der Waals surface area (Å²) in [5.41, 5.74) is 2.76. The number of hydrogen-bond donors (Lipinski definition) is 0. The Bertz CT molecular complexity index is 903. The number of esters is 1. The van der Waals surface area contributed by atoms with Gasteiger partial charge in [-0.2, -0.15) is 0 Å². The molecule has 0 N–H and O–H groups in total. The van der Waals surface area contributed by atoms with Crippen LogP contribution in [-0.4, -0.2) is 16.2 Å². The van der Waals surface area contributed by atoms with E-state index in [4.69, 9.17) is 16.3 Å². The monoisotopic (exact) mass is 355 g/mol. The van der Waals surface area contributed by atoms with Crippen molar-refractivity contribution in [2.24, 2.45) is 0 Å². The highest BCUT2D eigenvalue weighted by Crippen LogP contribution is 2.37. The fourth-order valence-electron chi connectivity index (χ4n) is 2.79. The molecular weight excluding hydrogens is 342 g/mol. The highest BCUT2D eigenvalue weighted by molar-refractivity contribution is 8.01. The van der Waals surface area contributed by atoms with Gasteiger partial charge in [-0.15, -0.1) is 11.8 Å². The molecule has 4 rings (SSSR count). The van der Waals surface area contributed by atoms with E-state index in [2.05, 4.69) is 11.1 Å². The van der Waals surface area contributed by atoms with Crippen LogP contribution in [0.4, 0.5) is 0 Å². The van der Waals surface area contributed by atoms with Gasteiger partial charge in [-0.3, -0.25) is 4.79 Å². The molecule has 0 bridgehead atoms. The molecule has 0 saturated carbocycles. The first-order valence-electron chi connectivity index (χ1n) is 7.66. The first-order valence-corrected chi connectivity index (χ1v) is 8.92. The number of fused-ring (bicyclic) bond motifs is 2. The Morgan fingerprint density at radius 3 is 2.88 bits per heavy atom. The van der Waals surface area contributed by atoms with Gasteiger partial charge in [0.25, 0.3) is 0 Å². The van der Waals surface area contributed by atoms with E-state index in [0.717, 1.165) is 21.4 Å². The van der Waals surface area contributed by atoms with Crippen molar-refractivity contribution >= 4 is 40.2 Å². The molecular formula is C19H14ClNO2S. The molecule has 1 aliphatic heterocycles. The van der Waals surface area contributed by atoms with Gasteiger partial charge in [-0.1, -0.05) is 48.0 Å². The number of thioether (sulfide) groups is 1. The minimum absolute atomic E-state index is 0.142. The standard InChI is InChI=1S/C19H14ClNO2S/c20-18-14(9-12-5-1-3-7-15(12)21-18)11-23-19(22)17-10-13-6-2-4-8-16(13)24-17/h1-9,17H,10-11H2. The minimum atomic E-state index is -0.208. The zero-order valence-corrected chi connectivity index (χ0v) is 14.3. The Hall–Kier alpha value is -2.04. The van der Waals surface area contributed by atoms with E-state index in [-0.39, 0.29) is 17.8 Å². The second kappa shape index (κ2) is 6.46. The summed E-state index contributed by atoms with van der Waals surface area (Å²) < 4.78 is 5.49. The third-order valence-corrected chi connectivity index (χ3v) is 5.65. The number of aromatic nitrogens is 1. The summed E-state index contributed by atoms with van der Waals surface area (Å²) >= 11 is 7.77. The van der Waals surface area contributed by atoms with Gasteiger partial charge >= 0.3 is 5.97 Å². The van der Waals surface area contributed by atoms with Crippen molar-refractivity contribution in [1.29, 1.82) is 0 Å². The second-order valence-corrected chi connectivity index (χ2v) is 7.26. The number of para-hydroxylation sites is 1. The number of carbonyl (C=O) groups is 1. The molecule has 3 aromatic rings. The summed E-state index contributed by atoms with van der Waals surface area (Å²) in [6.45, 7) is 0.142. The Morgan fingerprint density at radius 2 is 2.00 bits per heavy atom. The average molecular weight is 356 g/mol. The van der Waals surface area contributed by atoms with Crippen molar-refractivity contribution in [2.45, 2.75) is 23.2 Å². The van der Waals surface area contributed by atoms with Crippen molar-refractivity contribution in [3.05, 3.63) is 70.9 Å². The van der Waals surface area contributed by atoms with Crippen LogP contribution in [0.3, 0.4) is 0 Å². The third-order valence-electron chi connectivity index (χ3n) is 4.03. The summed E-state index contributed by atoms with van der Waals surface area (Å²) in [6, 6.07) is 17.7. The molecule has 2 aromatic carbocycles. The largest absolute Gasteiger partial charge is 0.460 e. The van der Waals surface area contributed by atoms with Crippen molar-refractivity contribution in [3.63, 3.8) is 0 Å². The van der Waals surface area contributed by atoms with E-state index < -0.39 is 0 Å². The van der Waals surface area contributed by atoms with Crippen LogP contribution in [-0.2, 0) is 22.6 Å². The first-order chi connectivity index (χ1) is 11.7. The molecule has 5 heteroatoms. The van der Waals surface area contributed by atoms with Gasteiger partial charge < -0.3 is 4.74 Å². The quantitative estimate of drug-likeness (QED) is 0.506. The number of nitrogens with zero attached hydrogens (tertiary/aromatic N) is 1. The molecule has 120 valence electrons. The molecule has 2 heterocycles. The summed E-state index contributed by atoms with van der Waals surface area (Å²) in [7, 11) is 0.